The first-order valence-corrected chi connectivity index (χ1v) is 13.6. The van der Waals surface area contributed by atoms with Crippen LogP contribution in [0.15, 0.2) is 91.0 Å². The Hall–Kier alpha value is -5.26. The molecule has 44 heavy (non-hydrogen) atoms. The summed E-state index contributed by atoms with van der Waals surface area (Å²) in [6.45, 7) is 1.57. The minimum absolute atomic E-state index is 0.239. The van der Waals surface area contributed by atoms with Gasteiger partial charge in [0.15, 0.2) is 0 Å². The van der Waals surface area contributed by atoms with Gasteiger partial charge < -0.3 is 29.9 Å². The second-order valence-electron chi connectivity index (χ2n) is 9.90. The Labute approximate surface area is 250 Å². The molecule has 0 saturated carbocycles. The lowest BCUT2D eigenvalue weighted by molar-refractivity contribution is -0.137. The average molecular weight is 609 g/mol. The first-order valence-electron chi connectivity index (χ1n) is 13.6. The van der Waals surface area contributed by atoms with E-state index >= 15 is 0 Å². The minimum atomic E-state index is -4.40. The molecular weight excluding hydrogens is 580 g/mol. The maximum atomic E-state index is 13.4. The predicted molar refractivity (Wildman–Crippen MR) is 157 cm³/mol. The van der Waals surface area contributed by atoms with Crippen LogP contribution in [0.4, 0.5) is 33.7 Å². The molecule has 3 amide bonds. The van der Waals surface area contributed by atoms with Crippen LogP contribution in [0.25, 0.3) is 0 Å². The molecule has 228 valence electrons. The summed E-state index contributed by atoms with van der Waals surface area (Å²) in [5, 5.41) is 5.40. The van der Waals surface area contributed by atoms with Crippen molar-refractivity contribution < 1.29 is 36.6 Å². The molecule has 8 nitrogen and oxygen atoms in total. The number of carbonyl (C=O) groups excluding carboxylic acids is 2. The van der Waals surface area contributed by atoms with Crippen molar-refractivity contribution in [1.29, 1.82) is 0 Å². The van der Waals surface area contributed by atoms with E-state index in [1.54, 1.807) is 47.4 Å². The van der Waals surface area contributed by atoms with Gasteiger partial charge in [0, 0.05) is 68.4 Å². The molecule has 1 aliphatic heterocycles. The Morgan fingerprint density at radius 1 is 0.727 bits per heavy atom. The normalized spacial score (nSPS) is 13.3. The van der Waals surface area contributed by atoms with Crippen molar-refractivity contribution in [3.05, 3.63) is 108 Å². The zero-order chi connectivity index (χ0) is 31.3. The third kappa shape index (κ3) is 7.57. The van der Waals surface area contributed by atoms with Gasteiger partial charge in [-0.1, -0.05) is 0 Å². The Bertz CT molecular complexity index is 1600. The largest absolute Gasteiger partial charge is 0.457 e. The van der Waals surface area contributed by atoms with E-state index in [9.17, 15) is 27.2 Å². The van der Waals surface area contributed by atoms with Gasteiger partial charge in [-0.3, -0.25) is 4.79 Å². The van der Waals surface area contributed by atoms with Crippen LogP contribution in [0, 0.1) is 5.82 Å². The standard InChI is InChI=1S/C32H28F4N4O4/c1-37-30(41)21-2-10-26(11-3-21)43-28-18-24(19-29(20-28)44-27-12-6-23(33)7-13-27)38-31(42)40-16-14-39(15-17-40)25-8-4-22(5-9-25)32(34,35)36/h2-13,18-20H,14-17H2,1H3,(H,37,41)(H,38,42). The number of amides is 3. The van der Waals surface area contributed by atoms with Gasteiger partial charge in [0.1, 0.15) is 28.8 Å². The number of carbonyl (C=O) groups is 2. The first-order chi connectivity index (χ1) is 21.1. The van der Waals surface area contributed by atoms with Crippen molar-refractivity contribution in [2.45, 2.75) is 6.18 Å². The number of hydrogen-bond donors (Lipinski definition) is 2. The van der Waals surface area contributed by atoms with Gasteiger partial charge in [-0.15, -0.1) is 0 Å². The van der Waals surface area contributed by atoms with Crippen LogP contribution in [0.5, 0.6) is 23.0 Å². The van der Waals surface area contributed by atoms with Crippen molar-refractivity contribution in [3.63, 3.8) is 0 Å². The first kappa shape index (κ1) is 30.2. The summed E-state index contributed by atoms with van der Waals surface area (Å²) in [6.07, 6.45) is -4.40. The lowest BCUT2D eigenvalue weighted by atomic mass is 10.1. The zero-order valence-electron chi connectivity index (χ0n) is 23.5. The zero-order valence-corrected chi connectivity index (χ0v) is 23.5. The third-order valence-electron chi connectivity index (χ3n) is 6.89. The second kappa shape index (κ2) is 12.9. The van der Waals surface area contributed by atoms with Gasteiger partial charge in [0.2, 0.25) is 0 Å². The molecule has 12 heteroatoms. The summed E-state index contributed by atoms with van der Waals surface area (Å²) in [4.78, 5) is 28.6. The number of piperazine rings is 1. The lowest BCUT2D eigenvalue weighted by Crippen LogP contribution is -2.50. The second-order valence-corrected chi connectivity index (χ2v) is 9.90. The fourth-order valence-electron chi connectivity index (χ4n) is 4.59. The Morgan fingerprint density at radius 2 is 1.27 bits per heavy atom. The Balaban J connectivity index is 1.28. The summed E-state index contributed by atoms with van der Waals surface area (Å²) in [5.74, 6) is 0.805. The SMILES string of the molecule is CNC(=O)c1ccc(Oc2cc(NC(=O)N3CCN(c4ccc(C(F)(F)F)cc4)CC3)cc(Oc3ccc(F)cc3)c2)cc1. The molecule has 0 aliphatic carbocycles. The fraction of sp³-hybridized carbons (Fsp3) is 0.188. The number of rotatable bonds is 7. The average Bonchev–Trinajstić information content (AvgIpc) is 3.02. The molecule has 4 aromatic carbocycles. The number of nitrogens with zero attached hydrogens (tertiary/aromatic N) is 2. The van der Waals surface area contributed by atoms with Gasteiger partial charge in [-0.2, -0.15) is 13.2 Å². The van der Waals surface area contributed by atoms with Crippen LogP contribution in [-0.4, -0.2) is 50.1 Å². The predicted octanol–water partition coefficient (Wildman–Crippen LogP) is 7.14. The number of benzene rings is 4. The molecule has 1 saturated heterocycles. The van der Waals surface area contributed by atoms with Crippen LogP contribution in [0.2, 0.25) is 0 Å². The Morgan fingerprint density at radius 3 is 1.80 bits per heavy atom. The van der Waals surface area contributed by atoms with Crippen molar-refractivity contribution in [1.82, 2.24) is 10.2 Å². The van der Waals surface area contributed by atoms with Crippen LogP contribution < -0.4 is 25.0 Å². The molecule has 4 aromatic rings. The molecule has 1 fully saturated rings. The number of anilines is 2. The number of urea groups is 1. The summed E-state index contributed by atoms with van der Waals surface area (Å²) in [6, 6.07) is 21.3. The fourth-order valence-corrected chi connectivity index (χ4v) is 4.59. The number of hydrogen-bond acceptors (Lipinski definition) is 5. The summed E-state index contributed by atoms with van der Waals surface area (Å²) in [7, 11) is 1.54. The van der Waals surface area contributed by atoms with Crippen LogP contribution >= 0.6 is 0 Å². The number of ether oxygens (including phenoxy) is 2. The summed E-state index contributed by atoms with van der Waals surface area (Å²) < 4.78 is 64.0. The van der Waals surface area contributed by atoms with Gasteiger partial charge in [0.05, 0.1) is 5.56 Å². The van der Waals surface area contributed by atoms with Gasteiger partial charge in [-0.05, 0) is 72.8 Å². The highest BCUT2D eigenvalue weighted by molar-refractivity contribution is 5.94. The van der Waals surface area contributed by atoms with Crippen molar-refractivity contribution in [2.75, 3.05) is 43.4 Å². The molecule has 0 bridgehead atoms. The molecule has 1 heterocycles. The molecular formula is C32H28F4N4O4. The maximum absolute atomic E-state index is 13.4. The van der Waals surface area contributed by atoms with Crippen molar-refractivity contribution in [3.8, 4) is 23.0 Å². The molecule has 5 rings (SSSR count). The highest BCUT2D eigenvalue weighted by Crippen LogP contribution is 2.33. The third-order valence-corrected chi connectivity index (χ3v) is 6.89. The maximum Gasteiger partial charge on any atom is 0.416 e. The van der Waals surface area contributed by atoms with Crippen LogP contribution in [0.1, 0.15) is 15.9 Å². The number of halogens is 4. The van der Waals surface area contributed by atoms with E-state index in [1.807, 2.05) is 4.90 Å². The Kier molecular flexibility index (Phi) is 8.88. The van der Waals surface area contributed by atoms with E-state index in [0.29, 0.717) is 66.1 Å². The lowest BCUT2D eigenvalue weighted by Gasteiger charge is -2.36. The summed E-state index contributed by atoms with van der Waals surface area (Å²) >= 11 is 0. The molecule has 1 aliphatic rings. The summed E-state index contributed by atoms with van der Waals surface area (Å²) in [5.41, 5.74) is 0.763. The van der Waals surface area contributed by atoms with Gasteiger partial charge >= 0.3 is 12.2 Å². The molecule has 0 aromatic heterocycles. The molecule has 0 radical (unpaired) electrons. The monoisotopic (exact) mass is 608 g/mol. The van der Waals surface area contributed by atoms with Gasteiger partial charge in [0.25, 0.3) is 5.91 Å². The van der Waals surface area contributed by atoms with E-state index in [1.165, 1.54) is 43.4 Å². The quantitative estimate of drug-likeness (QED) is 0.218. The van der Waals surface area contributed by atoms with Crippen LogP contribution in [0.3, 0.4) is 0 Å². The molecule has 0 atom stereocenters. The van der Waals surface area contributed by atoms with E-state index in [0.717, 1.165) is 12.1 Å². The number of nitrogens with one attached hydrogen (secondary N) is 2. The number of alkyl halides is 3. The van der Waals surface area contributed by atoms with E-state index < -0.39 is 17.6 Å². The molecule has 0 spiro atoms. The molecule has 2 N–H and O–H groups in total. The van der Waals surface area contributed by atoms with Crippen molar-refractivity contribution >= 4 is 23.3 Å². The van der Waals surface area contributed by atoms with E-state index in [4.69, 9.17) is 9.47 Å². The van der Waals surface area contributed by atoms with Crippen LogP contribution in [-0.2, 0) is 6.18 Å². The minimum Gasteiger partial charge on any atom is -0.457 e. The highest BCUT2D eigenvalue weighted by atomic mass is 19.4. The molecule has 0 unspecified atom stereocenters. The van der Waals surface area contributed by atoms with Gasteiger partial charge in [-0.25, -0.2) is 9.18 Å². The highest BCUT2D eigenvalue weighted by Gasteiger charge is 2.30. The topological polar surface area (TPSA) is 83.1 Å². The smallest absolute Gasteiger partial charge is 0.416 e. The van der Waals surface area contributed by atoms with E-state index in [2.05, 4.69) is 10.6 Å². The van der Waals surface area contributed by atoms with E-state index in [-0.39, 0.29) is 11.9 Å². The van der Waals surface area contributed by atoms with Crippen molar-refractivity contribution in [2.24, 2.45) is 0 Å².